The molecule has 0 aromatic carbocycles. The Morgan fingerprint density at radius 3 is 2.89 bits per heavy atom. The van der Waals surface area contributed by atoms with Crippen LogP contribution in [0.25, 0.3) is 0 Å². The van der Waals surface area contributed by atoms with Crippen LogP contribution in [0.3, 0.4) is 0 Å². The summed E-state index contributed by atoms with van der Waals surface area (Å²) in [4.78, 5) is 3.99. The number of nitrogen functional groups attached to an aromatic ring is 1. The van der Waals surface area contributed by atoms with Crippen LogP contribution in [0.5, 0.6) is 0 Å². The molecule has 2 N–H and O–H groups in total. The third kappa shape index (κ3) is 1.64. The number of aromatic nitrogens is 2. The van der Waals surface area contributed by atoms with Gasteiger partial charge in [-0.3, -0.25) is 0 Å². The van der Waals surface area contributed by atoms with Crippen LogP contribution in [0.4, 0.5) is 5.13 Å². The molecule has 0 saturated carbocycles. The van der Waals surface area contributed by atoms with Crippen molar-refractivity contribution < 1.29 is 0 Å². The van der Waals surface area contributed by atoms with Gasteiger partial charge in [-0.15, -0.1) is 0 Å². The fraction of sp³-hybridized carbons (Fsp3) is 0.600. The van der Waals surface area contributed by atoms with Gasteiger partial charge in [0.1, 0.15) is 5.82 Å². The third-order valence-electron chi connectivity index (χ3n) is 0.957. The van der Waals surface area contributed by atoms with Crippen molar-refractivity contribution in [1.82, 2.24) is 9.36 Å². The van der Waals surface area contributed by atoms with Gasteiger partial charge in [-0.05, 0) is 6.42 Å². The molecule has 0 fully saturated rings. The molecule has 1 heterocycles. The molecule has 9 heavy (non-hydrogen) atoms. The minimum atomic E-state index is 0.568. The monoisotopic (exact) mass is 143 g/mol. The van der Waals surface area contributed by atoms with Gasteiger partial charge in [-0.1, -0.05) is 6.92 Å². The number of nitrogens with two attached hydrogens (primary N) is 1. The van der Waals surface area contributed by atoms with E-state index in [-0.39, 0.29) is 0 Å². The van der Waals surface area contributed by atoms with Crippen molar-refractivity contribution in [2.45, 2.75) is 19.8 Å². The normalized spacial score (nSPS) is 9.89. The number of rotatable bonds is 2. The predicted octanol–water partition coefficient (Wildman–Crippen LogP) is 1.07. The maximum Gasteiger partial charge on any atom is 0.199 e. The second kappa shape index (κ2) is 2.77. The summed E-state index contributed by atoms with van der Waals surface area (Å²) in [5.74, 6) is 0.875. The maximum atomic E-state index is 5.35. The number of hydrogen-bond acceptors (Lipinski definition) is 4. The van der Waals surface area contributed by atoms with Crippen LogP contribution in [-0.2, 0) is 6.42 Å². The summed E-state index contributed by atoms with van der Waals surface area (Å²) in [7, 11) is 0. The molecular formula is C5H9N3S. The Hall–Kier alpha value is -0.640. The van der Waals surface area contributed by atoms with Crippen molar-refractivity contribution in [1.29, 1.82) is 0 Å². The van der Waals surface area contributed by atoms with Crippen LogP contribution >= 0.6 is 11.5 Å². The molecule has 0 spiro atoms. The van der Waals surface area contributed by atoms with Gasteiger partial charge >= 0.3 is 0 Å². The van der Waals surface area contributed by atoms with Crippen LogP contribution in [0.1, 0.15) is 19.2 Å². The molecule has 0 saturated heterocycles. The summed E-state index contributed by atoms with van der Waals surface area (Å²) >= 11 is 1.26. The minimum Gasteiger partial charge on any atom is -0.374 e. The Labute approximate surface area is 58.1 Å². The number of aryl methyl sites for hydroxylation is 1. The van der Waals surface area contributed by atoms with Crippen molar-refractivity contribution in [3.63, 3.8) is 0 Å². The lowest BCUT2D eigenvalue weighted by molar-refractivity contribution is 0.863. The molecule has 1 rings (SSSR count). The van der Waals surface area contributed by atoms with Gasteiger partial charge in [0.15, 0.2) is 5.13 Å². The second-order valence-electron chi connectivity index (χ2n) is 1.80. The number of hydrogen-bond donors (Lipinski definition) is 1. The molecule has 0 aliphatic rings. The largest absolute Gasteiger partial charge is 0.374 e. The van der Waals surface area contributed by atoms with E-state index < -0.39 is 0 Å². The van der Waals surface area contributed by atoms with Crippen molar-refractivity contribution in [2.75, 3.05) is 5.73 Å². The average Bonchev–Trinajstić information content (AvgIpc) is 2.17. The zero-order valence-electron chi connectivity index (χ0n) is 5.29. The van der Waals surface area contributed by atoms with Gasteiger partial charge in [0.05, 0.1) is 0 Å². The Morgan fingerprint density at radius 1 is 1.67 bits per heavy atom. The lowest BCUT2D eigenvalue weighted by Gasteiger charge is -1.83. The van der Waals surface area contributed by atoms with Gasteiger partial charge in [-0.2, -0.15) is 4.37 Å². The highest BCUT2D eigenvalue weighted by Gasteiger charge is 1.96. The molecule has 0 unspecified atom stereocenters. The summed E-state index contributed by atoms with van der Waals surface area (Å²) in [6, 6.07) is 0. The molecule has 1 aromatic heterocycles. The topological polar surface area (TPSA) is 51.8 Å². The highest BCUT2D eigenvalue weighted by Crippen LogP contribution is 2.06. The Bertz CT molecular complexity index is 184. The molecule has 0 aliphatic carbocycles. The van der Waals surface area contributed by atoms with E-state index >= 15 is 0 Å². The Kier molecular flexibility index (Phi) is 2.00. The van der Waals surface area contributed by atoms with Crippen LogP contribution in [0, 0.1) is 0 Å². The summed E-state index contributed by atoms with van der Waals surface area (Å²) in [6.07, 6.45) is 2.02. The molecule has 3 nitrogen and oxygen atoms in total. The SMILES string of the molecule is CCCc1nsc(N)n1. The lowest BCUT2D eigenvalue weighted by atomic mass is 10.3. The lowest BCUT2D eigenvalue weighted by Crippen LogP contribution is -1.86. The van der Waals surface area contributed by atoms with Gasteiger partial charge in [0.2, 0.25) is 0 Å². The molecular weight excluding hydrogens is 134 g/mol. The van der Waals surface area contributed by atoms with Crippen molar-refractivity contribution in [3.8, 4) is 0 Å². The zero-order chi connectivity index (χ0) is 6.69. The Morgan fingerprint density at radius 2 is 2.44 bits per heavy atom. The number of anilines is 1. The van der Waals surface area contributed by atoms with Crippen LogP contribution < -0.4 is 5.73 Å². The van der Waals surface area contributed by atoms with Crippen molar-refractivity contribution in [3.05, 3.63) is 5.82 Å². The highest BCUT2D eigenvalue weighted by atomic mass is 32.1. The Balaban J connectivity index is 2.61. The maximum absolute atomic E-state index is 5.35. The smallest absolute Gasteiger partial charge is 0.199 e. The van der Waals surface area contributed by atoms with E-state index in [1.54, 1.807) is 0 Å². The first-order valence-corrected chi connectivity index (χ1v) is 3.68. The average molecular weight is 143 g/mol. The van der Waals surface area contributed by atoms with E-state index in [1.165, 1.54) is 11.5 Å². The van der Waals surface area contributed by atoms with E-state index in [0.717, 1.165) is 18.7 Å². The molecule has 0 bridgehead atoms. The number of nitrogens with zero attached hydrogens (tertiary/aromatic N) is 2. The quantitative estimate of drug-likeness (QED) is 0.673. The van der Waals surface area contributed by atoms with Crippen LogP contribution in [0.15, 0.2) is 0 Å². The standard InChI is InChI=1S/C5H9N3S/c1-2-3-4-7-5(6)9-8-4/h2-3H2,1H3,(H2,6,7,8). The molecule has 1 aromatic rings. The van der Waals surface area contributed by atoms with E-state index in [9.17, 15) is 0 Å². The molecule has 4 heteroatoms. The van der Waals surface area contributed by atoms with Crippen LogP contribution in [-0.4, -0.2) is 9.36 Å². The first kappa shape index (κ1) is 6.48. The highest BCUT2D eigenvalue weighted by molar-refractivity contribution is 7.09. The van der Waals surface area contributed by atoms with E-state index in [4.69, 9.17) is 5.73 Å². The van der Waals surface area contributed by atoms with Crippen molar-refractivity contribution >= 4 is 16.7 Å². The first-order chi connectivity index (χ1) is 4.33. The summed E-state index contributed by atoms with van der Waals surface area (Å²) in [6.45, 7) is 2.09. The van der Waals surface area contributed by atoms with Gasteiger partial charge in [0.25, 0.3) is 0 Å². The molecule has 50 valence electrons. The van der Waals surface area contributed by atoms with E-state index in [1.807, 2.05) is 0 Å². The van der Waals surface area contributed by atoms with Crippen LogP contribution in [0.2, 0.25) is 0 Å². The second-order valence-corrected chi connectivity index (χ2v) is 2.58. The summed E-state index contributed by atoms with van der Waals surface area (Å²) in [5.41, 5.74) is 5.35. The zero-order valence-corrected chi connectivity index (χ0v) is 6.11. The minimum absolute atomic E-state index is 0.568. The van der Waals surface area contributed by atoms with E-state index in [0.29, 0.717) is 5.13 Å². The van der Waals surface area contributed by atoms with Gasteiger partial charge in [-0.25, -0.2) is 4.98 Å². The van der Waals surface area contributed by atoms with Gasteiger partial charge < -0.3 is 5.73 Å². The first-order valence-electron chi connectivity index (χ1n) is 2.91. The fourth-order valence-electron chi connectivity index (χ4n) is 0.593. The third-order valence-corrected chi connectivity index (χ3v) is 1.54. The molecule has 0 amide bonds. The summed E-state index contributed by atoms with van der Waals surface area (Å²) < 4.78 is 4.01. The predicted molar refractivity (Wildman–Crippen MR) is 38.3 cm³/mol. The molecule has 0 atom stereocenters. The molecule has 0 aliphatic heterocycles. The fourth-order valence-corrected chi connectivity index (χ4v) is 1.07. The van der Waals surface area contributed by atoms with E-state index in [2.05, 4.69) is 16.3 Å². The molecule has 0 radical (unpaired) electrons. The summed E-state index contributed by atoms with van der Waals surface area (Å²) in [5, 5.41) is 0.568. The van der Waals surface area contributed by atoms with Crippen molar-refractivity contribution in [2.24, 2.45) is 0 Å². The van der Waals surface area contributed by atoms with Gasteiger partial charge in [0, 0.05) is 18.0 Å².